The van der Waals surface area contributed by atoms with Gasteiger partial charge in [0.25, 0.3) is 5.91 Å². The Morgan fingerprint density at radius 2 is 2.08 bits per heavy atom. The van der Waals surface area contributed by atoms with Crippen LogP contribution in [-0.4, -0.2) is 31.9 Å². The second-order valence-corrected chi connectivity index (χ2v) is 5.88. The number of aromatic nitrogens is 4. The molecular weight excluding hydrogens is 367 g/mol. The molecule has 0 aliphatic carbocycles. The lowest BCUT2D eigenvalue weighted by molar-refractivity contribution is -0.137. The molecule has 0 fully saturated rings. The summed E-state index contributed by atoms with van der Waals surface area (Å²) in [6.45, 7) is 0. The molecule has 0 saturated carbocycles. The lowest BCUT2D eigenvalue weighted by atomic mass is 10.1. The molecule has 0 spiro atoms. The number of rotatable bonds is 4. The molecule has 1 aromatic carbocycles. The van der Waals surface area contributed by atoms with Crippen LogP contribution >= 0.6 is 11.8 Å². The summed E-state index contributed by atoms with van der Waals surface area (Å²) >= 11 is 1.26. The van der Waals surface area contributed by atoms with Gasteiger partial charge in [-0.15, -0.1) is 11.8 Å². The normalized spacial score (nSPS) is 11.4. The van der Waals surface area contributed by atoms with Crippen molar-refractivity contribution >= 4 is 23.4 Å². The summed E-state index contributed by atoms with van der Waals surface area (Å²) in [6.07, 6.45) is 1.32. The fourth-order valence-electron chi connectivity index (χ4n) is 2.26. The van der Waals surface area contributed by atoms with Crippen molar-refractivity contribution in [2.75, 3.05) is 11.6 Å². The van der Waals surface area contributed by atoms with Crippen molar-refractivity contribution in [1.29, 1.82) is 0 Å². The Balaban J connectivity index is 2.03. The zero-order valence-corrected chi connectivity index (χ0v) is 14.2. The number of thioether (sulfide) groups is 1. The van der Waals surface area contributed by atoms with Crippen molar-refractivity contribution < 1.29 is 18.0 Å². The average molecular weight is 379 g/mol. The van der Waals surface area contributed by atoms with E-state index < -0.39 is 17.6 Å². The highest BCUT2D eigenvalue weighted by Gasteiger charge is 2.31. The number of carbonyl (C=O) groups is 1. The standard InChI is InChI=1S/C16H12F3N5OS/c1-26-15-11(3-2-6-21-15)14(25)23-12-7-10(16(17,18)19)4-5-13(12)24-9-20-8-22-24/h2-9H,1H3,(H,23,25). The topological polar surface area (TPSA) is 72.7 Å². The van der Waals surface area contributed by atoms with E-state index in [1.807, 2.05) is 0 Å². The van der Waals surface area contributed by atoms with Crippen molar-refractivity contribution in [3.8, 4) is 5.69 Å². The number of amides is 1. The van der Waals surface area contributed by atoms with Gasteiger partial charge in [-0.05, 0) is 36.6 Å². The maximum Gasteiger partial charge on any atom is 0.416 e. The van der Waals surface area contributed by atoms with E-state index in [9.17, 15) is 18.0 Å². The summed E-state index contributed by atoms with van der Waals surface area (Å²) in [5.74, 6) is -0.567. The Kier molecular flexibility index (Phi) is 4.94. The number of halogens is 3. The number of pyridine rings is 1. The fraction of sp³-hybridized carbons (Fsp3) is 0.125. The van der Waals surface area contributed by atoms with Crippen molar-refractivity contribution in [3.63, 3.8) is 0 Å². The van der Waals surface area contributed by atoms with Crippen LogP contribution in [0.1, 0.15) is 15.9 Å². The van der Waals surface area contributed by atoms with E-state index in [0.717, 1.165) is 12.1 Å². The van der Waals surface area contributed by atoms with Crippen LogP contribution in [0.2, 0.25) is 0 Å². The predicted molar refractivity (Wildman–Crippen MR) is 90.3 cm³/mol. The van der Waals surface area contributed by atoms with Crippen LogP contribution in [0.25, 0.3) is 5.69 Å². The Morgan fingerprint density at radius 3 is 2.73 bits per heavy atom. The summed E-state index contributed by atoms with van der Waals surface area (Å²) in [6, 6.07) is 6.15. The molecule has 3 aromatic rings. The van der Waals surface area contributed by atoms with E-state index in [1.54, 1.807) is 18.4 Å². The van der Waals surface area contributed by atoms with Crippen LogP contribution in [0.15, 0.2) is 54.2 Å². The first kappa shape index (κ1) is 17.9. The third-order valence-corrected chi connectivity index (χ3v) is 4.16. The molecule has 0 aliphatic heterocycles. The average Bonchev–Trinajstić information content (AvgIpc) is 3.15. The molecule has 0 aliphatic rings. The number of hydrogen-bond acceptors (Lipinski definition) is 5. The minimum atomic E-state index is -4.54. The van der Waals surface area contributed by atoms with Crippen molar-refractivity contribution in [2.24, 2.45) is 0 Å². The third kappa shape index (κ3) is 3.69. The zero-order valence-electron chi connectivity index (χ0n) is 13.4. The smallest absolute Gasteiger partial charge is 0.320 e. The Labute approximate surface area is 150 Å². The number of benzene rings is 1. The van der Waals surface area contributed by atoms with Crippen LogP contribution in [0.3, 0.4) is 0 Å². The highest BCUT2D eigenvalue weighted by Crippen LogP contribution is 2.33. The Bertz CT molecular complexity index is 928. The molecule has 0 unspecified atom stereocenters. The molecule has 10 heteroatoms. The molecule has 0 saturated heterocycles. The summed E-state index contributed by atoms with van der Waals surface area (Å²) in [5.41, 5.74) is -0.389. The van der Waals surface area contributed by atoms with E-state index in [-0.39, 0.29) is 16.9 Å². The van der Waals surface area contributed by atoms with Gasteiger partial charge in [0.2, 0.25) is 0 Å². The molecule has 134 valence electrons. The molecule has 1 N–H and O–H groups in total. The van der Waals surface area contributed by atoms with Gasteiger partial charge in [0, 0.05) is 6.20 Å². The minimum Gasteiger partial charge on any atom is -0.320 e. The Morgan fingerprint density at radius 1 is 1.27 bits per heavy atom. The van der Waals surface area contributed by atoms with Crippen molar-refractivity contribution in [3.05, 3.63) is 60.3 Å². The molecule has 26 heavy (non-hydrogen) atoms. The number of nitrogens with one attached hydrogen (secondary N) is 1. The first-order valence-electron chi connectivity index (χ1n) is 7.27. The summed E-state index contributed by atoms with van der Waals surface area (Å²) < 4.78 is 40.5. The van der Waals surface area contributed by atoms with Crippen LogP contribution in [-0.2, 0) is 6.18 Å². The number of nitrogens with zero attached hydrogens (tertiary/aromatic N) is 4. The quantitative estimate of drug-likeness (QED) is 0.701. The Hall–Kier alpha value is -2.88. The first-order chi connectivity index (χ1) is 12.4. The van der Waals surface area contributed by atoms with Gasteiger partial charge in [0.1, 0.15) is 17.7 Å². The second-order valence-electron chi connectivity index (χ2n) is 5.08. The van der Waals surface area contributed by atoms with Gasteiger partial charge in [0.15, 0.2) is 0 Å². The van der Waals surface area contributed by atoms with E-state index >= 15 is 0 Å². The van der Waals surface area contributed by atoms with E-state index in [1.165, 1.54) is 41.4 Å². The van der Waals surface area contributed by atoms with Crippen molar-refractivity contribution in [2.45, 2.75) is 11.2 Å². The number of carbonyl (C=O) groups excluding carboxylic acids is 1. The molecule has 1 amide bonds. The highest BCUT2D eigenvalue weighted by molar-refractivity contribution is 7.98. The first-order valence-corrected chi connectivity index (χ1v) is 8.49. The minimum absolute atomic E-state index is 0.0359. The van der Waals surface area contributed by atoms with E-state index in [4.69, 9.17) is 0 Å². The molecule has 2 heterocycles. The zero-order chi connectivity index (χ0) is 18.7. The molecule has 0 bridgehead atoms. The molecule has 2 aromatic heterocycles. The maximum atomic E-state index is 13.1. The van der Waals surface area contributed by atoms with Crippen molar-refractivity contribution in [1.82, 2.24) is 19.7 Å². The monoisotopic (exact) mass is 379 g/mol. The largest absolute Gasteiger partial charge is 0.416 e. The number of anilines is 1. The molecule has 6 nitrogen and oxygen atoms in total. The van der Waals surface area contributed by atoms with E-state index in [2.05, 4.69) is 20.4 Å². The van der Waals surface area contributed by atoms with Gasteiger partial charge >= 0.3 is 6.18 Å². The molecule has 0 radical (unpaired) electrons. The molecule has 3 rings (SSSR count). The lowest BCUT2D eigenvalue weighted by Gasteiger charge is -2.15. The summed E-state index contributed by atoms with van der Waals surface area (Å²) in [7, 11) is 0. The maximum absolute atomic E-state index is 13.1. The van der Waals surface area contributed by atoms with Gasteiger partial charge < -0.3 is 5.32 Å². The SMILES string of the molecule is CSc1ncccc1C(=O)Nc1cc(C(F)(F)F)ccc1-n1cncn1. The van der Waals surface area contributed by atoms with Gasteiger partial charge in [-0.1, -0.05) is 0 Å². The van der Waals surface area contributed by atoms with Crippen LogP contribution in [0, 0.1) is 0 Å². The predicted octanol–water partition coefficient (Wildman–Crippen LogP) is 3.66. The second kappa shape index (κ2) is 7.16. The van der Waals surface area contributed by atoms with Gasteiger partial charge in [0.05, 0.1) is 22.5 Å². The third-order valence-electron chi connectivity index (χ3n) is 3.45. The highest BCUT2D eigenvalue weighted by atomic mass is 32.2. The summed E-state index contributed by atoms with van der Waals surface area (Å²) in [4.78, 5) is 20.4. The van der Waals surface area contributed by atoms with Crippen LogP contribution in [0.5, 0.6) is 0 Å². The lowest BCUT2D eigenvalue weighted by Crippen LogP contribution is -2.16. The molecule has 0 atom stereocenters. The van der Waals surface area contributed by atoms with Gasteiger partial charge in [-0.3, -0.25) is 4.79 Å². The number of alkyl halides is 3. The van der Waals surface area contributed by atoms with Crippen LogP contribution < -0.4 is 5.32 Å². The fourth-order valence-corrected chi connectivity index (χ4v) is 2.81. The van der Waals surface area contributed by atoms with E-state index in [0.29, 0.717) is 5.03 Å². The summed E-state index contributed by atoms with van der Waals surface area (Å²) in [5, 5.41) is 6.90. The number of hydrogen-bond donors (Lipinski definition) is 1. The van der Waals surface area contributed by atoms with Gasteiger partial charge in [-0.2, -0.15) is 18.3 Å². The molecular formula is C16H12F3N5OS. The van der Waals surface area contributed by atoms with Crippen LogP contribution in [0.4, 0.5) is 18.9 Å². The van der Waals surface area contributed by atoms with Gasteiger partial charge in [-0.25, -0.2) is 14.6 Å².